The van der Waals surface area contributed by atoms with Gasteiger partial charge < -0.3 is 19.3 Å². The average molecular weight is 329 g/mol. The summed E-state index contributed by atoms with van der Waals surface area (Å²) < 4.78 is 11.3. The van der Waals surface area contributed by atoms with E-state index in [1.807, 2.05) is 24.3 Å². The topological polar surface area (TPSA) is 24.9 Å². The molecular formula is C17H29ClN2O2. The van der Waals surface area contributed by atoms with Crippen molar-refractivity contribution in [3.63, 3.8) is 0 Å². The number of hydrogen-bond donors (Lipinski definition) is 0. The fraction of sp³-hybridized carbons (Fsp3) is 0.647. The number of hydrogen-bond acceptors (Lipinski definition) is 4. The second-order valence-electron chi connectivity index (χ2n) is 5.67. The zero-order chi connectivity index (χ0) is 14.9. The van der Waals surface area contributed by atoms with Gasteiger partial charge in [0.05, 0.1) is 13.2 Å². The molecule has 2 rings (SSSR count). The number of piperazine rings is 1. The molecule has 0 atom stereocenters. The molecule has 0 bridgehead atoms. The van der Waals surface area contributed by atoms with Crippen LogP contribution in [0.2, 0.25) is 0 Å². The largest absolute Gasteiger partial charge is 0.494 e. The molecule has 22 heavy (non-hydrogen) atoms. The summed E-state index contributed by atoms with van der Waals surface area (Å²) in [6.45, 7) is 9.51. The van der Waals surface area contributed by atoms with E-state index >= 15 is 0 Å². The molecule has 5 heteroatoms. The predicted molar refractivity (Wildman–Crippen MR) is 93.5 cm³/mol. The Morgan fingerprint density at radius 1 is 0.909 bits per heavy atom. The lowest BCUT2D eigenvalue weighted by Gasteiger charge is -2.32. The molecule has 4 nitrogen and oxygen atoms in total. The van der Waals surface area contributed by atoms with Gasteiger partial charge in [0.15, 0.2) is 0 Å². The van der Waals surface area contributed by atoms with Crippen LogP contribution in [-0.2, 0) is 0 Å². The van der Waals surface area contributed by atoms with E-state index in [1.165, 1.54) is 26.2 Å². The van der Waals surface area contributed by atoms with E-state index in [1.54, 1.807) is 0 Å². The first-order chi connectivity index (χ1) is 10.3. The molecule has 1 saturated heterocycles. The van der Waals surface area contributed by atoms with E-state index in [0.717, 1.165) is 44.1 Å². The van der Waals surface area contributed by atoms with Crippen LogP contribution in [0, 0.1) is 0 Å². The van der Waals surface area contributed by atoms with Crippen LogP contribution in [-0.4, -0.2) is 62.8 Å². The summed E-state index contributed by atoms with van der Waals surface area (Å²) in [5, 5.41) is 0. The van der Waals surface area contributed by atoms with Gasteiger partial charge in [-0.05, 0) is 44.2 Å². The van der Waals surface area contributed by atoms with Gasteiger partial charge >= 0.3 is 0 Å². The maximum atomic E-state index is 5.79. The second kappa shape index (κ2) is 10.7. The second-order valence-corrected chi connectivity index (χ2v) is 5.67. The highest BCUT2D eigenvalue weighted by molar-refractivity contribution is 5.85. The first-order valence-electron chi connectivity index (χ1n) is 8.04. The van der Waals surface area contributed by atoms with Crippen molar-refractivity contribution in [3.05, 3.63) is 24.3 Å². The highest BCUT2D eigenvalue weighted by atomic mass is 35.5. The van der Waals surface area contributed by atoms with Crippen molar-refractivity contribution in [2.45, 2.75) is 19.8 Å². The van der Waals surface area contributed by atoms with Crippen LogP contribution in [0.25, 0.3) is 0 Å². The molecular weight excluding hydrogens is 300 g/mol. The first-order valence-corrected chi connectivity index (χ1v) is 8.04. The lowest BCUT2D eigenvalue weighted by Crippen LogP contribution is -2.44. The molecule has 0 saturated carbocycles. The molecule has 0 aromatic heterocycles. The van der Waals surface area contributed by atoms with E-state index in [0.29, 0.717) is 0 Å². The maximum absolute atomic E-state index is 5.79. The van der Waals surface area contributed by atoms with Crippen LogP contribution in [0.4, 0.5) is 0 Å². The Balaban J connectivity index is 0.00000242. The molecule has 0 N–H and O–H groups in total. The van der Waals surface area contributed by atoms with Crippen molar-refractivity contribution in [2.75, 3.05) is 53.0 Å². The number of likely N-dealkylation sites (N-methyl/N-ethyl adjacent to an activating group) is 1. The van der Waals surface area contributed by atoms with Crippen molar-refractivity contribution >= 4 is 12.4 Å². The molecule has 1 aliphatic heterocycles. The minimum absolute atomic E-state index is 0. The van der Waals surface area contributed by atoms with Crippen LogP contribution in [0.3, 0.4) is 0 Å². The van der Waals surface area contributed by atoms with Crippen molar-refractivity contribution in [1.29, 1.82) is 0 Å². The van der Waals surface area contributed by atoms with Gasteiger partial charge in [-0.25, -0.2) is 0 Å². The van der Waals surface area contributed by atoms with Crippen molar-refractivity contribution in [3.8, 4) is 11.5 Å². The third kappa shape index (κ3) is 6.86. The molecule has 1 fully saturated rings. The molecule has 1 aromatic rings. The summed E-state index contributed by atoms with van der Waals surface area (Å²) >= 11 is 0. The van der Waals surface area contributed by atoms with E-state index < -0.39 is 0 Å². The SMILES string of the molecule is CCCOc1ccc(OCCCN2CCN(C)CC2)cc1.Cl. The fourth-order valence-electron chi connectivity index (χ4n) is 2.40. The number of halogens is 1. The van der Waals surface area contributed by atoms with Crippen LogP contribution in [0.1, 0.15) is 19.8 Å². The Hall–Kier alpha value is -0.970. The normalized spacial score (nSPS) is 16.1. The maximum Gasteiger partial charge on any atom is 0.119 e. The van der Waals surface area contributed by atoms with E-state index in [4.69, 9.17) is 9.47 Å². The molecule has 0 radical (unpaired) electrons. The van der Waals surface area contributed by atoms with Gasteiger partial charge in [-0.1, -0.05) is 6.92 Å². The van der Waals surface area contributed by atoms with Gasteiger partial charge in [-0.3, -0.25) is 0 Å². The van der Waals surface area contributed by atoms with Gasteiger partial charge in [-0.15, -0.1) is 12.4 Å². The van der Waals surface area contributed by atoms with Gasteiger partial charge in [0.1, 0.15) is 11.5 Å². The number of rotatable bonds is 8. The van der Waals surface area contributed by atoms with Crippen molar-refractivity contribution < 1.29 is 9.47 Å². The standard InChI is InChI=1S/C17H28N2O2.ClH/c1-3-14-20-16-5-7-17(8-6-16)21-15-4-9-19-12-10-18(2)11-13-19;/h5-8H,3-4,9-15H2,1-2H3;1H. The summed E-state index contributed by atoms with van der Waals surface area (Å²) in [6, 6.07) is 7.93. The van der Waals surface area contributed by atoms with Crippen molar-refractivity contribution in [1.82, 2.24) is 9.80 Å². The Kier molecular flexibility index (Phi) is 9.28. The molecule has 1 aliphatic rings. The lowest BCUT2D eigenvalue weighted by molar-refractivity contribution is 0.145. The van der Waals surface area contributed by atoms with E-state index in [2.05, 4.69) is 23.8 Å². The zero-order valence-corrected chi connectivity index (χ0v) is 14.6. The van der Waals surface area contributed by atoms with Crippen LogP contribution in [0.5, 0.6) is 11.5 Å². The van der Waals surface area contributed by atoms with Gasteiger partial charge in [0.25, 0.3) is 0 Å². The minimum Gasteiger partial charge on any atom is -0.494 e. The monoisotopic (exact) mass is 328 g/mol. The third-order valence-electron chi connectivity index (χ3n) is 3.78. The van der Waals surface area contributed by atoms with Crippen LogP contribution in [0.15, 0.2) is 24.3 Å². The van der Waals surface area contributed by atoms with Crippen LogP contribution >= 0.6 is 12.4 Å². The smallest absolute Gasteiger partial charge is 0.119 e. The van der Waals surface area contributed by atoms with Crippen LogP contribution < -0.4 is 9.47 Å². The predicted octanol–water partition coefficient (Wildman–Crippen LogP) is 2.91. The molecule has 1 aromatic carbocycles. The van der Waals surface area contributed by atoms with Gasteiger partial charge in [-0.2, -0.15) is 0 Å². The Labute approximate surface area is 140 Å². The molecule has 0 spiro atoms. The van der Waals surface area contributed by atoms with E-state index in [9.17, 15) is 0 Å². The fourth-order valence-corrected chi connectivity index (χ4v) is 2.40. The molecule has 126 valence electrons. The quantitative estimate of drug-likeness (QED) is 0.685. The summed E-state index contributed by atoms with van der Waals surface area (Å²) in [6.07, 6.45) is 2.11. The molecule has 1 heterocycles. The Bertz CT molecular complexity index is 392. The summed E-state index contributed by atoms with van der Waals surface area (Å²) in [4.78, 5) is 4.90. The molecule has 0 unspecified atom stereocenters. The highest BCUT2D eigenvalue weighted by Gasteiger charge is 2.12. The summed E-state index contributed by atoms with van der Waals surface area (Å²) in [7, 11) is 2.19. The summed E-state index contributed by atoms with van der Waals surface area (Å²) in [5.74, 6) is 1.85. The van der Waals surface area contributed by atoms with E-state index in [-0.39, 0.29) is 12.4 Å². The Morgan fingerprint density at radius 2 is 1.45 bits per heavy atom. The first kappa shape index (κ1) is 19.1. The molecule has 0 amide bonds. The number of nitrogens with zero attached hydrogens (tertiary/aromatic N) is 2. The highest BCUT2D eigenvalue weighted by Crippen LogP contribution is 2.17. The number of ether oxygens (including phenoxy) is 2. The average Bonchev–Trinajstić information content (AvgIpc) is 2.52. The third-order valence-corrected chi connectivity index (χ3v) is 3.78. The number of benzene rings is 1. The zero-order valence-electron chi connectivity index (χ0n) is 13.8. The van der Waals surface area contributed by atoms with Gasteiger partial charge in [0, 0.05) is 32.7 Å². The molecule has 0 aliphatic carbocycles. The summed E-state index contributed by atoms with van der Waals surface area (Å²) in [5.41, 5.74) is 0. The lowest BCUT2D eigenvalue weighted by atomic mass is 10.3. The minimum atomic E-state index is 0. The Morgan fingerprint density at radius 3 is 2.00 bits per heavy atom. The van der Waals surface area contributed by atoms with Crippen molar-refractivity contribution in [2.24, 2.45) is 0 Å². The van der Waals surface area contributed by atoms with Gasteiger partial charge in [0.2, 0.25) is 0 Å².